The Morgan fingerprint density at radius 3 is 1.79 bits per heavy atom. The molecule has 1 unspecified atom stereocenters. The van der Waals surface area contributed by atoms with E-state index in [0.29, 0.717) is 5.69 Å². The maximum absolute atomic E-state index is 14.4. The van der Waals surface area contributed by atoms with Crippen LogP contribution in [0.2, 0.25) is 0 Å². The minimum atomic E-state index is -4.11. The number of amides is 2. The van der Waals surface area contributed by atoms with Crippen molar-refractivity contribution in [1.82, 2.24) is 10.2 Å². The van der Waals surface area contributed by atoms with Crippen molar-refractivity contribution in [3.63, 3.8) is 0 Å². The molecule has 0 aliphatic heterocycles. The largest absolute Gasteiger partial charge is 0.352 e. The van der Waals surface area contributed by atoms with Gasteiger partial charge in [-0.15, -0.1) is 0 Å². The molecule has 2 amide bonds. The van der Waals surface area contributed by atoms with Crippen molar-refractivity contribution in [2.24, 2.45) is 0 Å². The van der Waals surface area contributed by atoms with Crippen LogP contribution in [0.5, 0.6) is 0 Å². The van der Waals surface area contributed by atoms with Crippen LogP contribution in [0.1, 0.15) is 37.5 Å². The topological polar surface area (TPSA) is 86.8 Å². The maximum Gasteiger partial charge on any atom is 0.264 e. The molecule has 0 radical (unpaired) electrons. The third-order valence-corrected chi connectivity index (χ3v) is 8.93. The first kappa shape index (κ1) is 31.5. The summed E-state index contributed by atoms with van der Waals surface area (Å²) in [6.07, 6.45) is 1.07. The van der Waals surface area contributed by atoms with Gasteiger partial charge in [0.1, 0.15) is 12.6 Å². The van der Waals surface area contributed by atoms with Gasteiger partial charge in [-0.05, 0) is 61.2 Å². The lowest BCUT2D eigenvalue weighted by Gasteiger charge is -2.34. The molecule has 7 nitrogen and oxygen atoms in total. The fourth-order valence-electron chi connectivity index (χ4n) is 4.86. The number of carbonyl (C=O) groups is 2. The minimum absolute atomic E-state index is 0.0790. The Balaban J connectivity index is 1.78. The van der Waals surface area contributed by atoms with Gasteiger partial charge in [0.2, 0.25) is 11.8 Å². The van der Waals surface area contributed by atoms with Gasteiger partial charge in [0.05, 0.1) is 10.6 Å². The third kappa shape index (κ3) is 8.32. The quantitative estimate of drug-likeness (QED) is 0.217. The summed E-state index contributed by atoms with van der Waals surface area (Å²) in [5.74, 6) is -0.782. The number of sulfonamides is 1. The summed E-state index contributed by atoms with van der Waals surface area (Å²) < 4.78 is 29.2. The Kier molecular flexibility index (Phi) is 10.7. The number of carbonyl (C=O) groups excluding carboxylic acids is 2. The van der Waals surface area contributed by atoms with E-state index in [4.69, 9.17) is 0 Å². The van der Waals surface area contributed by atoms with Gasteiger partial charge in [-0.1, -0.05) is 97.9 Å². The second kappa shape index (κ2) is 14.6. The van der Waals surface area contributed by atoms with Crippen LogP contribution in [0.4, 0.5) is 5.69 Å². The molecule has 0 aromatic heterocycles. The minimum Gasteiger partial charge on any atom is -0.352 e. The van der Waals surface area contributed by atoms with Crippen molar-refractivity contribution in [2.75, 3.05) is 10.8 Å². The van der Waals surface area contributed by atoms with Crippen molar-refractivity contribution in [3.05, 3.63) is 132 Å². The van der Waals surface area contributed by atoms with Gasteiger partial charge < -0.3 is 10.2 Å². The summed E-state index contributed by atoms with van der Waals surface area (Å²) in [7, 11) is -4.11. The molecular weight excluding hydrogens is 558 g/mol. The fraction of sp³-hybridized carbons (Fsp3) is 0.257. The molecule has 1 atom stereocenters. The van der Waals surface area contributed by atoms with E-state index in [0.717, 1.165) is 27.4 Å². The van der Waals surface area contributed by atoms with Crippen molar-refractivity contribution in [2.45, 2.75) is 57.1 Å². The van der Waals surface area contributed by atoms with Crippen LogP contribution < -0.4 is 9.62 Å². The zero-order chi connectivity index (χ0) is 30.8. The molecule has 0 spiro atoms. The Bertz CT molecular complexity index is 1580. The van der Waals surface area contributed by atoms with E-state index < -0.39 is 28.5 Å². The third-order valence-electron chi connectivity index (χ3n) is 7.14. The zero-order valence-electron chi connectivity index (χ0n) is 24.9. The lowest BCUT2D eigenvalue weighted by Crippen LogP contribution is -2.54. The molecule has 0 aliphatic carbocycles. The summed E-state index contributed by atoms with van der Waals surface area (Å²) in [6, 6.07) is 33.2. The Morgan fingerprint density at radius 1 is 0.721 bits per heavy atom. The van der Waals surface area contributed by atoms with Crippen molar-refractivity contribution in [3.8, 4) is 0 Å². The fourth-order valence-corrected chi connectivity index (χ4v) is 6.30. The Labute approximate surface area is 255 Å². The molecule has 0 saturated heterocycles. The molecule has 4 aromatic rings. The molecule has 1 N–H and O–H groups in total. The first-order valence-corrected chi connectivity index (χ1v) is 16.0. The highest BCUT2D eigenvalue weighted by atomic mass is 32.2. The molecule has 224 valence electrons. The molecule has 0 fully saturated rings. The highest BCUT2D eigenvalue weighted by Gasteiger charge is 2.34. The SMILES string of the molecule is CCc1ccc(N(CC(=O)N(Cc2ccccc2)C(Cc2ccccc2)C(=O)NC(C)C)S(=O)(=O)c2ccccc2)cc1. The monoisotopic (exact) mass is 597 g/mol. The molecule has 43 heavy (non-hydrogen) atoms. The predicted molar refractivity (Wildman–Crippen MR) is 171 cm³/mol. The zero-order valence-corrected chi connectivity index (χ0v) is 25.7. The smallest absolute Gasteiger partial charge is 0.264 e. The average molecular weight is 598 g/mol. The molecule has 0 heterocycles. The van der Waals surface area contributed by atoms with E-state index in [1.165, 1.54) is 17.0 Å². The van der Waals surface area contributed by atoms with E-state index >= 15 is 0 Å². The molecular formula is C35H39N3O4S. The van der Waals surface area contributed by atoms with Gasteiger partial charge in [0, 0.05) is 19.0 Å². The maximum atomic E-state index is 14.4. The van der Waals surface area contributed by atoms with Crippen LogP contribution >= 0.6 is 0 Å². The number of aryl methyl sites for hydroxylation is 1. The van der Waals surface area contributed by atoms with Gasteiger partial charge >= 0.3 is 0 Å². The van der Waals surface area contributed by atoms with Gasteiger partial charge in [0.25, 0.3) is 10.0 Å². The molecule has 4 aromatic carbocycles. The number of rotatable bonds is 13. The molecule has 0 saturated carbocycles. The number of anilines is 1. The van der Waals surface area contributed by atoms with Crippen LogP contribution in [-0.2, 0) is 39.0 Å². The van der Waals surface area contributed by atoms with E-state index in [9.17, 15) is 18.0 Å². The van der Waals surface area contributed by atoms with Crippen LogP contribution in [0.3, 0.4) is 0 Å². The molecule has 0 aliphatic rings. The summed E-state index contributed by atoms with van der Waals surface area (Å²) in [5, 5.41) is 2.97. The van der Waals surface area contributed by atoms with E-state index in [1.54, 1.807) is 30.3 Å². The second-order valence-corrected chi connectivity index (χ2v) is 12.6. The first-order chi connectivity index (χ1) is 20.7. The van der Waals surface area contributed by atoms with Crippen molar-refractivity contribution >= 4 is 27.5 Å². The number of benzene rings is 4. The summed E-state index contributed by atoms with van der Waals surface area (Å²) in [4.78, 5) is 29.7. The number of nitrogens with zero attached hydrogens (tertiary/aromatic N) is 2. The predicted octanol–water partition coefficient (Wildman–Crippen LogP) is 5.61. The Hall–Kier alpha value is -4.43. The van der Waals surface area contributed by atoms with E-state index in [1.807, 2.05) is 93.6 Å². The number of hydrogen-bond acceptors (Lipinski definition) is 4. The molecule has 8 heteroatoms. The van der Waals surface area contributed by atoms with Crippen molar-refractivity contribution < 1.29 is 18.0 Å². The standard InChI is InChI=1S/C35H39N3O4S/c1-4-28-20-22-31(23-21-28)38(43(41,42)32-18-12-7-13-19-32)26-34(39)37(25-30-16-10-6-11-17-30)33(35(40)36-27(2)3)24-29-14-8-5-9-15-29/h5-23,27,33H,4,24-26H2,1-3H3,(H,36,40). The first-order valence-electron chi connectivity index (χ1n) is 14.5. The van der Waals surface area contributed by atoms with Gasteiger partial charge in [-0.2, -0.15) is 0 Å². The summed E-state index contributed by atoms with van der Waals surface area (Å²) in [6.45, 7) is 5.42. The van der Waals surface area contributed by atoms with Gasteiger partial charge in [-0.25, -0.2) is 8.42 Å². The van der Waals surface area contributed by atoms with E-state index in [-0.39, 0.29) is 29.8 Å². The molecule has 4 rings (SSSR count). The number of nitrogens with one attached hydrogen (secondary N) is 1. The van der Waals surface area contributed by atoms with Crippen LogP contribution in [0, 0.1) is 0 Å². The Morgan fingerprint density at radius 2 is 1.26 bits per heavy atom. The molecule has 0 bridgehead atoms. The van der Waals surface area contributed by atoms with Crippen LogP contribution in [-0.4, -0.2) is 43.8 Å². The van der Waals surface area contributed by atoms with Crippen LogP contribution in [0.15, 0.2) is 120 Å². The van der Waals surface area contributed by atoms with Crippen molar-refractivity contribution in [1.29, 1.82) is 0 Å². The lowest BCUT2D eigenvalue weighted by atomic mass is 10.0. The number of hydrogen-bond donors (Lipinski definition) is 1. The summed E-state index contributed by atoms with van der Waals surface area (Å²) in [5.41, 5.74) is 3.14. The average Bonchev–Trinajstić information content (AvgIpc) is 3.02. The normalized spacial score (nSPS) is 12.0. The summed E-state index contributed by atoms with van der Waals surface area (Å²) >= 11 is 0. The highest BCUT2D eigenvalue weighted by Crippen LogP contribution is 2.25. The highest BCUT2D eigenvalue weighted by molar-refractivity contribution is 7.92. The lowest BCUT2D eigenvalue weighted by molar-refractivity contribution is -0.140. The van der Waals surface area contributed by atoms with E-state index in [2.05, 4.69) is 5.32 Å². The van der Waals surface area contributed by atoms with Gasteiger partial charge in [-0.3, -0.25) is 13.9 Å². The second-order valence-electron chi connectivity index (χ2n) is 10.7. The van der Waals surface area contributed by atoms with Crippen LogP contribution in [0.25, 0.3) is 0 Å². The van der Waals surface area contributed by atoms with Gasteiger partial charge in [0.15, 0.2) is 0 Å².